The van der Waals surface area contributed by atoms with Crippen LogP contribution in [-0.2, 0) is 113 Å². The summed E-state index contributed by atoms with van der Waals surface area (Å²) in [6, 6.07) is 41.6. The zero-order chi connectivity index (χ0) is 101. The molecular formula is C77H134B9N5O29S11. The molecule has 0 amide bonds. The van der Waals surface area contributed by atoms with Gasteiger partial charge in [0.15, 0.2) is 60.9 Å². The van der Waals surface area contributed by atoms with Gasteiger partial charge in [0.05, 0.1) is 33.5 Å². The van der Waals surface area contributed by atoms with Crippen LogP contribution in [0.1, 0.15) is 72.9 Å². The summed E-state index contributed by atoms with van der Waals surface area (Å²) >= 11 is 2.71. The predicted molar refractivity (Wildman–Crippen MR) is 541 cm³/mol. The lowest BCUT2D eigenvalue weighted by molar-refractivity contribution is 0.377. The number of ether oxygens (including phenoxy) is 1. The summed E-state index contributed by atoms with van der Waals surface area (Å²) in [5.74, 6) is 0.310. The lowest BCUT2D eigenvalue weighted by Gasteiger charge is -2.18. The first-order valence-corrected chi connectivity index (χ1v) is 60.5. The summed E-state index contributed by atoms with van der Waals surface area (Å²) in [6.07, 6.45) is 8.36. The Bertz CT molecular complexity index is 5080. The third-order valence-corrected chi connectivity index (χ3v) is 35.4. The highest BCUT2D eigenvalue weighted by Gasteiger charge is 2.32. The molecule has 7 rings (SSSR count). The Hall–Kier alpha value is -5.32. The lowest BCUT2D eigenvalue weighted by Crippen LogP contribution is -2.31. The Morgan fingerprint density at radius 2 is 0.870 bits per heavy atom. The SMILES string of the molecule is CB(O)CCS(=O)(=O)C(C)(C)C.CB(O)CCS(=O)(=O)CCCc1nn[nH]n1.CB(O)CCS(=O)(=O)CCc1ccccc1.CB(O)CCS(=O)(=O)COc1ccccc1.CB(O)CCS(=O)(=O)CSc1ccncc1.CB(O)CCS(=O)(=O)Cc1cccs1.CB(O)CCS(C)(=O)=O.CCS(=O)(=O)CCB(C)O.Cc1cccc([C@H](CS(=O)(=O)Cc2ccccc2)B(O)O)c1. The average molecular weight is 2040 g/mol. The molecule has 0 aliphatic heterocycles. The fourth-order valence-electron chi connectivity index (χ4n) is 9.61. The first-order valence-electron chi connectivity index (χ1n) is 42.1. The molecule has 0 spiro atoms. The van der Waals surface area contributed by atoms with Crippen LogP contribution in [0.25, 0.3) is 0 Å². The molecule has 0 saturated carbocycles. The van der Waals surface area contributed by atoms with E-state index in [1.807, 2.05) is 73.0 Å². The standard InChI is InChI=1S/C16H19BO4S.C11H17BO3S.C10H15BO4S.C9H14BNO3S2.C8H13BO3S2.C7H15BN4O3S.C7H17BO3S.C5H13BO3S.C4H11BO3S/c1-13-6-5-9-15(10-13)16(17(18)19)12-22(20,21)11-14-7-3-2-4-8-14;1-12(13)8-10-16(14,15)9-7-11-5-3-2-4-6-11;1-11(12)7-8-16(13,14)9-15-10-5-3-2-4-6-10;1-10(12)4-7-16(13,14)8-15-9-2-5-11-6-3-9;1-9(10)4-6-14(11,12)7-8-3-2-5-13-8;1-8(13)4-6-16(14,15)5-2-3-7-9-11-12-10-7;1-7(2,3)12(10,11)6-5-8(4)9;1-3-10(8,9)5-4-6(2)7;1-5(6)3-4-9(2,7)8/h2-10,16,18-19H,11-12H2,1H3;2-6,13H,7-10H2,1H3;2-6,12H,7-9H2,1H3;2-3,5-6,12H,4,7-8H2,1H3;2-3,5,10H,4,6-7H2,1H3;13H,2-6H2,1H3,(H,9,10,11,12);9H,5-6H2,1-4H3;7H,3-5H2,1-2H3;6H,3-4H2,1-2H3/t16-;;;;;;;;/m0......../s1. The van der Waals surface area contributed by atoms with E-state index in [9.17, 15) is 85.8 Å². The van der Waals surface area contributed by atoms with E-state index in [2.05, 4.69) is 25.6 Å². The molecule has 0 fully saturated rings. The number of sulfone groups is 9. The van der Waals surface area contributed by atoms with Crippen LogP contribution >= 0.6 is 23.1 Å². The number of aromatic amines is 1. The van der Waals surface area contributed by atoms with Gasteiger partial charge in [-0.2, -0.15) is 5.21 Å². The highest BCUT2D eigenvalue weighted by molar-refractivity contribution is 8.12. The summed E-state index contributed by atoms with van der Waals surface area (Å²) < 4.78 is 210. The summed E-state index contributed by atoms with van der Waals surface area (Å²) in [4.78, 5) is 5.60. The van der Waals surface area contributed by atoms with Crippen molar-refractivity contribution in [3.8, 4) is 5.75 Å². The van der Waals surface area contributed by atoms with E-state index in [1.54, 1.807) is 174 Å². The molecule has 0 radical (unpaired) electrons. The first-order chi connectivity index (χ1) is 60.4. The van der Waals surface area contributed by atoms with Crippen LogP contribution in [0.4, 0.5) is 0 Å². The number of nitrogens with one attached hydrogen (secondary N) is 1. The number of hydrogen-bond acceptors (Lipinski definition) is 35. The van der Waals surface area contributed by atoms with Crippen molar-refractivity contribution in [1.82, 2.24) is 25.6 Å². The van der Waals surface area contributed by atoms with Gasteiger partial charge in [-0.3, -0.25) is 4.98 Å². The van der Waals surface area contributed by atoms with Crippen LogP contribution in [0.2, 0.25) is 105 Å². The van der Waals surface area contributed by atoms with Crippen molar-refractivity contribution >= 4 is 174 Å². The number of H-pyrrole nitrogens is 1. The lowest BCUT2D eigenvalue weighted by atomic mass is 9.69. The molecule has 34 nitrogen and oxygen atoms in total. The van der Waals surface area contributed by atoms with Crippen molar-refractivity contribution in [3.63, 3.8) is 0 Å². The van der Waals surface area contributed by atoms with E-state index in [-0.39, 0.29) is 104 Å². The summed E-state index contributed by atoms with van der Waals surface area (Å²) in [6.45, 7) is 16.8. The normalized spacial score (nSPS) is 11.8. The number of tetrazole rings is 1. The molecule has 0 saturated heterocycles. The smallest absolute Gasteiger partial charge is 0.460 e. The van der Waals surface area contributed by atoms with E-state index < -0.39 is 162 Å². The number of pyridine rings is 1. The number of nitrogens with zero attached hydrogens (tertiary/aromatic N) is 4. The topological polar surface area (TPSA) is 586 Å². The van der Waals surface area contributed by atoms with Crippen molar-refractivity contribution in [2.45, 2.75) is 186 Å². The Balaban J connectivity index is 0. The molecule has 3 aromatic heterocycles. The van der Waals surface area contributed by atoms with E-state index in [4.69, 9.17) is 44.9 Å². The van der Waals surface area contributed by atoms with Crippen molar-refractivity contribution in [1.29, 1.82) is 0 Å². The Morgan fingerprint density at radius 1 is 0.443 bits per heavy atom. The molecule has 0 unspecified atom stereocenters. The number of aryl methyl sites for hydroxylation is 3. The Kier molecular flexibility index (Phi) is 64.6. The Labute approximate surface area is 792 Å². The quantitative estimate of drug-likeness (QED) is 0.0151. The number of thioether (sulfide) groups is 1. The van der Waals surface area contributed by atoms with Crippen LogP contribution < -0.4 is 4.74 Å². The van der Waals surface area contributed by atoms with Crippen molar-refractivity contribution in [2.24, 2.45) is 0 Å². The third-order valence-electron chi connectivity index (χ3n) is 17.6. The monoisotopic (exact) mass is 2040 g/mol. The highest BCUT2D eigenvalue weighted by atomic mass is 32.3. The van der Waals surface area contributed by atoms with Gasteiger partial charge in [-0.1, -0.05) is 181 Å². The van der Waals surface area contributed by atoms with Gasteiger partial charge in [0, 0.05) is 92.4 Å². The van der Waals surface area contributed by atoms with E-state index in [0.717, 1.165) is 27.2 Å². The van der Waals surface area contributed by atoms with Crippen LogP contribution in [0.5, 0.6) is 5.75 Å². The van der Waals surface area contributed by atoms with Gasteiger partial charge in [0.2, 0.25) is 0 Å². The number of benzene rings is 4. The zero-order valence-electron chi connectivity index (χ0n) is 77.4. The second-order valence-electron chi connectivity index (χ2n) is 32.4. The maximum atomic E-state index is 12.4. The van der Waals surface area contributed by atoms with Gasteiger partial charge in [0.25, 0.3) is 55.3 Å². The Morgan fingerprint density at radius 3 is 1.28 bits per heavy atom. The maximum Gasteiger partial charge on any atom is 0.460 e. The van der Waals surface area contributed by atoms with Crippen LogP contribution in [-0.4, -0.2) is 305 Å². The van der Waals surface area contributed by atoms with Gasteiger partial charge in [0.1, 0.15) is 50.2 Å². The second-order valence-corrected chi connectivity index (χ2v) is 55.7. The molecule has 11 N–H and O–H groups in total. The third kappa shape index (κ3) is 74.5. The molecule has 3 heterocycles. The summed E-state index contributed by atoms with van der Waals surface area (Å²) in [5.41, 5.74) is 3.29. The first kappa shape index (κ1) is 128. The van der Waals surface area contributed by atoms with E-state index in [1.165, 1.54) is 23.1 Å². The largest absolute Gasteiger partial charge is 0.478 e. The molecule has 734 valence electrons. The van der Waals surface area contributed by atoms with Gasteiger partial charge >= 0.3 is 7.12 Å². The molecule has 4 aromatic carbocycles. The van der Waals surface area contributed by atoms with Gasteiger partial charge in [-0.25, -0.2) is 75.8 Å². The minimum atomic E-state index is -3.46. The fourth-order valence-corrected chi connectivity index (χ4v) is 23.9. The molecule has 0 aliphatic carbocycles. The van der Waals surface area contributed by atoms with Gasteiger partial charge in [-0.15, -0.1) is 33.3 Å². The van der Waals surface area contributed by atoms with Crippen molar-refractivity contribution < 1.29 is 131 Å². The van der Waals surface area contributed by atoms with Crippen molar-refractivity contribution in [3.05, 3.63) is 190 Å². The molecule has 0 aliphatic rings. The van der Waals surface area contributed by atoms with Crippen LogP contribution in [0.15, 0.2) is 162 Å². The number of hydrogen-bond donors (Lipinski definition) is 11. The average Bonchev–Trinajstić information content (AvgIpc) is 1.06. The summed E-state index contributed by atoms with van der Waals surface area (Å²) in [5, 5.41) is 106. The minimum absolute atomic E-state index is 0.0247. The molecule has 7 aromatic rings. The maximum absolute atomic E-state index is 12.4. The number of thiophene rings is 1. The number of rotatable bonds is 46. The van der Waals surface area contributed by atoms with Crippen LogP contribution in [0, 0.1) is 6.92 Å². The van der Waals surface area contributed by atoms with E-state index in [0.29, 0.717) is 79.9 Å². The predicted octanol–water partition coefficient (Wildman–Crippen LogP) is 6.10. The molecule has 54 heteroatoms. The number of aromatic nitrogens is 5. The molecule has 0 bridgehead atoms. The highest BCUT2D eigenvalue weighted by Crippen LogP contribution is 2.24. The fraction of sp³-hybridized carbons (Fsp3) is 0.558. The second kappa shape index (κ2) is 66.2. The van der Waals surface area contributed by atoms with Crippen molar-refractivity contribution in [2.75, 3.05) is 86.3 Å². The van der Waals surface area contributed by atoms with E-state index >= 15 is 0 Å². The van der Waals surface area contributed by atoms with Gasteiger partial charge < -0.3 is 55.0 Å². The molecule has 1 atom stereocenters. The minimum Gasteiger partial charge on any atom is -0.478 e. The van der Waals surface area contributed by atoms with Crippen LogP contribution in [0.3, 0.4) is 0 Å². The zero-order valence-corrected chi connectivity index (χ0v) is 86.4. The van der Waals surface area contributed by atoms with Gasteiger partial charge in [-0.05, 0) is 144 Å². The summed E-state index contributed by atoms with van der Waals surface area (Å²) in [7, 11) is -29.5. The molecular weight excluding hydrogens is 1910 g/mol. The number of para-hydroxylation sites is 1. The molecule has 131 heavy (non-hydrogen) atoms.